The summed E-state index contributed by atoms with van der Waals surface area (Å²) < 4.78 is 5.04. The number of ether oxygens (including phenoxy) is 1. The summed E-state index contributed by atoms with van der Waals surface area (Å²) in [6.07, 6.45) is 0.961. The Balaban J connectivity index is 2.75. The number of thiophene rings is 1. The number of hydrogen-bond acceptors (Lipinski definition) is 4. The third-order valence-electron chi connectivity index (χ3n) is 3.65. The molecule has 1 heterocycles. The Morgan fingerprint density at radius 3 is 2.55 bits per heavy atom. The number of carboxylic acid groups (broad SMARTS) is 1. The summed E-state index contributed by atoms with van der Waals surface area (Å²) in [5, 5.41) is 13.9. The van der Waals surface area contributed by atoms with E-state index in [1.165, 1.54) is 11.3 Å². The van der Waals surface area contributed by atoms with Crippen LogP contribution in [0.1, 0.15) is 41.9 Å². The smallest absolute Gasteiger partial charge is 0.311 e. The van der Waals surface area contributed by atoms with Gasteiger partial charge in [0.1, 0.15) is 0 Å². The number of nitrogens with one attached hydrogen (secondary N) is 1. The van der Waals surface area contributed by atoms with Crippen molar-refractivity contribution in [1.82, 2.24) is 5.32 Å². The summed E-state index contributed by atoms with van der Waals surface area (Å²) in [5.41, 5.74) is -0.0714. The molecule has 1 rings (SSSR count). The van der Waals surface area contributed by atoms with Gasteiger partial charge in [0.2, 0.25) is 0 Å². The summed E-state index contributed by atoms with van der Waals surface area (Å²) in [7, 11) is 1.57. The van der Waals surface area contributed by atoms with E-state index in [-0.39, 0.29) is 12.5 Å². The zero-order valence-corrected chi connectivity index (χ0v) is 12.9. The second-order valence-electron chi connectivity index (χ2n) is 4.68. The minimum Gasteiger partial charge on any atom is -0.481 e. The molecule has 112 valence electrons. The highest BCUT2D eigenvalue weighted by atomic mass is 32.1. The van der Waals surface area contributed by atoms with E-state index < -0.39 is 11.4 Å². The fourth-order valence-corrected chi connectivity index (χ4v) is 2.84. The molecular weight excluding hydrogens is 278 g/mol. The molecule has 2 N–H and O–H groups in total. The summed E-state index contributed by atoms with van der Waals surface area (Å²) in [6.45, 7) is 4.16. The van der Waals surface area contributed by atoms with Crippen molar-refractivity contribution in [3.63, 3.8) is 0 Å². The van der Waals surface area contributed by atoms with Crippen LogP contribution in [0.15, 0.2) is 11.4 Å². The standard InChI is InChI=1S/C14H21NO4S/c1-4-14(5-2,13(17)18)9-15-12(16)11-10(8-19-3)6-7-20-11/h6-7H,4-5,8-9H2,1-3H3,(H,15,16)(H,17,18). The van der Waals surface area contributed by atoms with Crippen LogP contribution in [0.3, 0.4) is 0 Å². The molecule has 0 bridgehead atoms. The van der Waals surface area contributed by atoms with Crippen molar-refractivity contribution in [2.24, 2.45) is 5.41 Å². The molecule has 1 amide bonds. The summed E-state index contributed by atoms with van der Waals surface area (Å²) in [6, 6.07) is 1.84. The summed E-state index contributed by atoms with van der Waals surface area (Å²) >= 11 is 1.33. The van der Waals surface area contributed by atoms with E-state index in [0.29, 0.717) is 24.3 Å². The molecule has 0 saturated heterocycles. The predicted molar refractivity (Wildman–Crippen MR) is 78.0 cm³/mol. The van der Waals surface area contributed by atoms with Gasteiger partial charge >= 0.3 is 5.97 Å². The van der Waals surface area contributed by atoms with Gasteiger partial charge in [-0.15, -0.1) is 11.3 Å². The first-order valence-corrected chi connectivity index (χ1v) is 7.45. The third kappa shape index (κ3) is 3.58. The van der Waals surface area contributed by atoms with Crippen LogP contribution < -0.4 is 5.32 Å². The van der Waals surface area contributed by atoms with Gasteiger partial charge in [0, 0.05) is 19.2 Å². The quantitative estimate of drug-likeness (QED) is 0.773. The van der Waals surface area contributed by atoms with Crippen molar-refractivity contribution in [2.45, 2.75) is 33.3 Å². The largest absolute Gasteiger partial charge is 0.481 e. The Bertz CT molecular complexity index is 465. The molecule has 5 nitrogen and oxygen atoms in total. The van der Waals surface area contributed by atoms with E-state index in [1.54, 1.807) is 7.11 Å². The van der Waals surface area contributed by atoms with Crippen molar-refractivity contribution in [3.8, 4) is 0 Å². The van der Waals surface area contributed by atoms with Crippen LogP contribution in [0.5, 0.6) is 0 Å². The van der Waals surface area contributed by atoms with Crippen LogP contribution in [-0.2, 0) is 16.1 Å². The Morgan fingerprint density at radius 1 is 1.40 bits per heavy atom. The SMILES string of the molecule is CCC(CC)(CNC(=O)c1sccc1COC)C(=O)O. The molecule has 6 heteroatoms. The highest BCUT2D eigenvalue weighted by Gasteiger charge is 2.35. The minimum atomic E-state index is -0.895. The fourth-order valence-electron chi connectivity index (χ4n) is 2.01. The van der Waals surface area contributed by atoms with Crippen LogP contribution in [0.4, 0.5) is 0 Å². The lowest BCUT2D eigenvalue weighted by Crippen LogP contribution is -2.42. The number of aliphatic carboxylic acids is 1. The molecule has 0 aliphatic rings. The first kappa shape index (κ1) is 16.7. The third-order valence-corrected chi connectivity index (χ3v) is 4.60. The molecule has 0 fully saturated rings. The number of carbonyl (C=O) groups is 2. The van der Waals surface area contributed by atoms with Crippen molar-refractivity contribution < 1.29 is 19.4 Å². The van der Waals surface area contributed by atoms with Crippen molar-refractivity contribution in [1.29, 1.82) is 0 Å². The van der Waals surface area contributed by atoms with E-state index in [9.17, 15) is 14.7 Å². The minimum absolute atomic E-state index is 0.137. The number of rotatable bonds is 8. The number of amides is 1. The van der Waals surface area contributed by atoms with Gasteiger partial charge in [0.25, 0.3) is 5.91 Å². The number of carboxylic acids is 1. The lowest BCUT2D eigenvalue weighted by Gasteiger charge is -2.26. The fraction of sp³-hybridized carbons (Fsp3) is 0.571. The van der Waals surface area contributed by atoms with Crippen LogP contribution >= 0.6 is 11.3 Å². The van der Waals surface area contributed by atoms with Crippen LogP contribution in [0.2, 0.25) is 0 Å². The average molecular weight is 299 g/mol. The predicted octanol–water partition coefficient (Wildman–Crippen LogP) is 2.52. The molecule has 0 saturated carbocycles. The van der Waals surface area contributed by atoms with Gasteiger partial charge in [-0.05, 0) is 24.3 Å². The van der Waals surface area contributed by atoms with Gasteiger partial charge in [-0.25, -0.2) is 0 Å². The van der Waals surface area contributed by atoms with Crippen molar-refractivity contribution in [3.05, 3.63) is 21.9 Å². The molecule has 0 aromatic carbocycles. The van der Waals surface area contributed by atoms with E-state index in [4.69, 9.17) is 4.74 Å². The van der Waals surface area contributed by atoms with Gasteiger partial charge < -0.3 is 15.2 Å². The number of carbonyl (C=O) groups excluding carboxylic acids is 1. The van der Waals surface area contributed by atoms with Gasteiger partial charge in [0.05, 0.1) is 16.9 Å². The zero-order chi connectivity index (χ0) is 15.2. The van der Waals surface area contributed by atoms with Gasteiger partial charge in [0.15, 0.2) is 0 Å². The highest BCUT2D eigenvalue weighted by Crippen LogP contribution is 2.26. The van der Waals surface area contributed by atoms with Crippen LogP contribution in [0.25, 0.3) is 0 Å². The maximum Gasteiger partial charge on any atom is 0.311 e. The van der Waals surface area contributed by atoms with E-state index in [0.717, 1.165) is 5.56 Å². The zero-order valence-electron chi connectivity index (χ0n) is 12.1. The molecule has 0 unspecified atom stereocenters. The lowest BCUT2D eigenvalue weighted by molar-refractivity contribution is -0.149. The monoisotopic (exact) mass is 299 g/mol. The van der Waals surface area contributed by atoms with E-state index in [1.807, 2.05) is 25.3 Å². The Hall–Kier alpha value is -1.40. The molecule has 0 atom stereocenters. The normalized spacial score (nSPS) is 11.3. The van der Waals surface area contributed by atoms with E-state index >= 15 is 0 Å². The molecule has 1 aromatic heterocycles. The molecule has 0 radical (unpaired) electrons. The van der Waals surface area contributed by atoms with Gasteiger partial charge in [-0.3, -0.25) is 9.59 Å². The second kappa shape index (κ2) is 7.40. The van der Waals surface area contributed by atoms with Gasteiger partial charge in [-0.2, -0.15) is 0 Å². The first-order valence-electron chi connectivity index (χ1n) is 6.57. The van der Waals surface area contributed by atoms with Crippen molar-refractivity contribution >= 4 is 23.2 Å². The Morgan fingerprint density at radius 2 is 2.05 bits per heavy atom. The Kier molecular flexibility index (Phi) is 6.16. The number of methoxy groups -OCH3 is 1. The lowest BCUT2D eigenvalue weighted by atomic mass is 9.82. The van der Waals surface area contributed by atoms with E-state index in [2.05, 4.69) is 5.32 Å². The molecule has 20 heavy (non-hydrogen) atoms. The van der Waals surface area contributed by atoms with Crippen molar-refractivity contribution in [2.75, 3.05) is 13.7 Å². The van der Waals surface area contributed by atoms with Crippen LogP contribution in [0, 0.1) is 5.41 Å². The van der Waals surface area contributed by atoms with Crippen LogP contribution in [-0.4, -0.2) is 30.6 Å². The maximum absolute atomic E-state index is 12.2. The molecule has 0 aliphatic heterocycles. The average Bonchev–Trinajstić information content (AvgIpc) is 2.88. The maximum atomic E-state index is 12.2. The molecule has 0 aliphatic carbocycles. The first-order chi connectivity index (χ1) is 9.50. The number of hydrogen-bond donors (Lipinski definition) is 2. The topological polar surface area (TPSA) is 75.6 Å². The molecular formula is C14H21NO4S. The van der Waals surface area contributed by atoms with Gasteiger partial charge in [-0.1, -0.05) is 13.8 Å². The highest BCUT2D eigenvalue weighted by molar-refractivity contribution is 7.12. The summed E-state index contributed by atoms with van der Waals surface area (Å²) in [4.78, 5) is 24.1. The second-order valence-corrected chi connectivity index (χ2v) is 5.60. The Labute approximate surface area is 123 Å². The molecule has 0 spiro atoms. The molecule has 1 aromatic rings. The summed E-state index contributed by atoms with van der Waals surface area (Å²) in [5.74, 6) is -1.11.